The number of hydrogen-bond acceptors (Lipinski definition) is 4. The van der Waals surface area contributed by atoms with Crippen LogP contribution in [0.1, 0.15) is 26.0 Å². The number of fused-ring (bicyclic) bond motifs is 1. The van der Waals surface area contributed by atoms with Crippen LogP contribution in [0.15, 0.2) is 48.8 Å². The standard InChI is InChI=1S/C21H21N5/c1-21(2,14-22)26-19(15-6-9-23-10-7-15)12-16-11-17(13-25-20(16)26)18-5-3-4-8-24-18/h3-6,8,11-13,23H,7,9-10H2,1-2H3. The number of aromatic nitrogens is 3. The third kappa shape index (κ3) is 2.79. The molecule has 3 aromatic rings. The Kier molecular flexibility index (Phi) is 4.06. The first-order chi connectivity index (χ1) is 12.6. The Hall–Kier alpha value is -2.97. The van der Waals surface area contributed by atoms with Gasteiger partial charge in [0.05, 0.1) is 11.8 Å². The van der Waals surface area contributed by atoms with Gasteiger partial charge in [-0.3, -0.25) is 4.98 Å². The molecule has 1 aliphatic heterocycles. The molecule has 0 radical (unpaired) electrons. The summed E-state index contributed by atoms with van der Waals surface area (Å²) in [7, 11) is 0. The predicted octanol–water partition coefficient (Wildman–Crippen LogP) is 3.73. The van der Waals surface area contributed by atoms with E-state index in [2.05, 4.69) is 39.1 Å². The molecule has 0 saturated heterocycles. The van der Waals surface area contributed by atoms with E-state index in [0.717, 1.165) is 47.5 Å². The van der Waals surface area contributed by atoms with Gasteiger partial charge >= 0.3 is 0 Å². The molecule has 4 rings (SSSR count). The molecule has 0 saturated carbocycles. The van der Waals surface area contributed by atoms with Crippen molar-refractivity contribution in [3.63, 3.8) is 0 Å². The Labute approximate surface area is 153 Å². The number of nitriles is 1. The van der Waals surface area contributed by atoms with Gasteiger partial charge in [-0.05, 0) is 56.7 Å². The first-order valence-corrected chi connectivity index (χ1v) is 8.85. The third-order valence-electron chi connectivity index (χ3n) is 4.83. The minimum absolute atomic E-state index is 0.678. The number of nitrogens with zero attached hydrogens (tertiary/aromatic N) is 4. The van der Waals surface area contributed by atoms with Crippen molar-refractivity contribution in [3.05, 3.63) is 54.5 Å². The summed E-state index contributed by atoms with van der Waals surface area (Å²) in [5.74, 6) is 0. The molecular formula is C21H21N5. The Bertz CT molecular complexity index is 1020. The maximum Gasteiger partial charge on any atom is 0.141 e. The Morgan fingerprint density at radius 2 is 2.12 bits per heavy atom. The molecule has 5 heteroatoms. The molecule has 0 bridgehead atoms. The molecule has 0 spiro atoms. The highest BCUT2D eigenvalue weighted by Gasteiger charge is 2.27. The molecule has 0 atom stereocenters. The van der Waals surface area contributed by atoms with Crippen molar-refractivity contribution in [1.29, 1.82) is 5.26 Å². The van der Waals surface area contributed by atoms with Crippen molar-refractivity contribution in [1.82, 2.24) is 19.9 Å². The molecule has 0 amide bonds. The van der Waals surface area contributed by atoms with E-state index in [4.69, 9.17) is 4.98 Å². The molecule has 130 valence electrons. The lowest BCUT2D eigenvalue weighted by atomic mass is 10.0. The van der Waals surface area contributed by atoms with Crippen LogP contribution in [0.4, 0.5) is 0 Å². The van der Waals surface area contributed by atoms with Crippen molar-refractivity contribution in [2.45, 2.75) is 25.8 Å². The van der Waals surface area contributed by atoms with Gasteiger partial charge in [0.2, 0.25) is 0 Å². The molecule has 0 aliphatic carbocycles. The van der Waals surface area contributed by atoms with Crippen LogP contribution in [-0.4, -0.2) is 27.6 Å². The zero-order chi connectivity index (χ0) is 18.1. The summed E-state index contributed by atoms with van der Waals surface area (Å²) in [6.45, 7) is 5.68. The van der Waals surface area contributed by atoms with E-state index in [1.54, 1.807) is 6.20 Å². The van der Waals surface area contributed by atoms with Crippen LogP contribution in [-0.2, 0) is 5.54 Å². The van der Waals surface area contributed by atoms with E-state index in [1.807, 2.05) is 38.2 Å². The number of nitrogens with one attached hydrogen (secondary N) is 1. The van der Waals surface area contributed by atoms with Crippen LogP contribution in [0.25, 0.3) is 27.9 Å². The Balaban J connectivity index is 1.94. The van der Waals surface area contributed by atoms with Crippen LogP contribution < -0.4 is 5.32 Å². The molecule has 26 heavy (non-hydrogen) atoms. The van der Waals surface area contributed by atoms with Crippen molar-refractivity contribution in [2.75, 3.05) is 13.1 Å². The molecule has 4 heterocycles. The maximum atomic E-state index is 9.74. The normalized spacial score (nSPS) is 14.9. The minimum atomic E-state index is -0.678. The average molecular weight is 343 g/mol. The van der Waals surface area contributed by atoms with E-state index in [-0.39, 0.29) is 0 Å². The van der Waals surface area contributed by atoms with Gasteiger partial charge in [-0.2, -0.15) is 5.26 Å². The fourth-order valence-electron chi connectivity index (χ4n) is 3.47. The summed E-state index contributed by atoms with van der Waals surface area (Å²) < 4.78 is 2.07. The van der Waals surface area contributed by atoms with E-state index in [9.17, 15) is 5.26 Å². The summed E-state index contributed by atoms with van der Waals surface area (Å²) in [5, 5.41) is 14.1. The van der Waals surface area contributed by atoms with Crippen LogP contribution in [0, 0.1) is 11.3 Å². The summed E-state index contributed by atoms with van der Waals surface area (Å²) in [6, 6.07) is 12.6. The lowest BCUT2D eigenvalue weighted by Crippen LogP contribution is -2.27. The third-order valence-corrected chi connectivity index (χ3v) is 4.83. The smallest absolute Gasteiger partial charge is 0.141 e. The van der Waals surface area contributed by atoms with Crippen LogP contribution in [0.5, 0.6) is 0 Å². The Morgan fingerprint density at radius 3 is 2.81 bits per heavy atom. The first kappa shape index (κ1) is 16.5. The van der Waals surface area contributed by atoms with Crippen molar-refractivity contribution in [3.8, 4) is 17.3 Å². The Morgan fingerprint density at radius 1 is 1.23 bits per heavy atom. The van der Waals surface area contributed by atoms with E-state index >= 15 is 0 Å². The second-order valence-corrected chi connectivity index (χ2v) is 7.07. The minimum Gasteiger partial charge on any atom is -0.313 e. The summed E-state index contributed by atoms with van der Waals surface area (Å²) >= 11 is 0. The molecule has 1 N–H and O–H groups in total. The van der Waals surface area contributed by atoms with Gasteiger partial charge < -0.3 is 9.88 Å². The van der Waals surface area contributed by atoms with Crippen LogP contribution >= 0.6 is 0 Å². The zero-order valence-electron chi connectivity index (χ0n) is 15.0. The number of rotatable bonds is 3. The molecule has 1 aliphatic rings. The van der Waals surface area contributed by atoms with Crippen molar-refractivity contribution < 1.29 is 0 Å². The van der Waals surface area contributed by atoms with E-state index < -0.39 is 5.54 Å². The number of pyridine rings is 2. The highest BCUT2D eigenvalue weighted by atomic mass is 15.1. The first-order valence-electron chi connectivity index (χ1n) is 8.85. The topological polar surface area (TPSA) is 66.5 Å². The second kappa shape index (κ2) is 6.40. The molecule has 0 aromatic carbocycles. The van der Waals surface area contributed by atoms with E-state index in [0.29, 0.717) is 0 Å². The summed E-state index contributed by atoms with van der Waals surface area (Å²) in [6.07, 6.45) is 6.79. The maximum absolute atomic E-state index is 9.74. The van der Waals surface area contributed by atoms with Gasteiger partial charge in [0.25, 0.3) is 0 Å². The molecular weight excluding hydrogens is 322 g/mol. The average Bonchev–Trinajstić information content (AvgIpc) is 3.09. The highest BCUT2D eigenvalue weighted by molar-refractivity contribution is 5.86. The van der Waals surface area contributed by atoms with Gasteiger partial charge in [0, 0.05) is 35.6 Å². The van der Waals surface area contributed by atoms with Gasteiger partial charge in [0.15, 0.2) is 0 Å². The van der Waals surface area contributed by atoms with Crippen LogP contribution in [0.3, 0.4) is 0 Å². The predicted molar refractivity (Wildman–Crippen MR) is 103 cm³/mol. The quantitative estimate of drug-likeness (QED) is 0.787. The SMILES string of the molecule is CC(C)(C#N)n1c(C2=CCNCC2)cc2cc(-c3ccccn3)cnc21. The largest absolute Gasteiger partial charge is 0.313 e. The lowest BCUT2D eigenvalue weighted by Gasteiger charge is -2.24. The van der Waals surface area contributed by atoms with Gasteiger partial charge in [-0.15, -0.1) is 0 Å². The number of hydrogen-bond donors (Lipinski definition) is 1. The fraction of sp³-hybridized carbons (Fsp3) is 0.286. The molecule has 3 aromatic heterocycles. The fourth-order valence-corrected chi connectivity index (χ4v) is 3.47. The molecule has 0 fully saturated rings. The summed E-state index contributed by atoms with van der Waals surface area (Å²) in [5.41, 5.74) is 4.39. The summed E-state index contributed by atoms with van der Waals surface area (Å²) in [4.78, 5) is 9.14. The van der Waals surface area contributed by atoms with Gasteiger partial charge in [0.1, 0.15) is 11.2 Å². The van der Waals surface area contributed by atoms with E-state index in [1.165, 1.54) is 5.57 Å². The lowest BCUT2D eigenvalue weighted by molar-refractivity contribution is 0.476. The van der Waals surface area contributed by atoms with Crippen molar-refractivity contribution in [2.24, 2.45) is 0 Å². The van der Waals surface area contributed by atoms with Gasteiger partial charge in [-0.1, -0.05) is 12.1 Å². The zero-order valence-corrected chi connectivity index (χ0v) is 15.0. The molecule has 0 unspecified atom stereocenters. The molecule has 5 nitrogen and oxygen atoms in total. The highest BCUT2D eigenvalue weighted by Crippen LogP contribution is 2.33. The second-order valence-electron chi connectivity index (χ2n) is 7.07. The van der Waals surface area contributed by atoms with Gasteiger partial charge in [-0.25, -0.2) is 4.98 Å². The monoisotopic (exact) mass is 343 g/mol. The van der Waals surface area contributed by atoms with Crippen molar-refractivity contribution >= 4 is 16.6 Å². The van der Waals surface area contributed by atoms with Crippen LogP contribution in [0.2, 0.25) is 0 Å².